The molecule has 0 atom stereocenters. The second-order valence-electron chi connectivity index (χ2n) is 5.31. The number of nitrogens with one attached hydrogen (secondary N) is 1. The van der Waals surface area contributed by atoms with E-state index in [1.807, 2.05) is 6.92 Å². The van der Waals surface area contributed by atoms with Crippen molar-refractivity contribution in [3.05, 3.63) is 45.7 Å². The number of carbonyl (C=O) groups is 1. The number of amides is 1. The van der Waals surface area contributed by atoms with Crippen LogP contribution in [0.5, 0.6) is 17.2 Å². The molecule has 2 aromatic rings. The summed E-state index contributed by atoms with van der Waals surface area (Å²) in [7, 11) is 3.03. The summed E-state index contributed by atoms with van der Waals surface area (Å²) < 4.78 is 16.4. The first-order valence-corrected chi connectivity index (χ1v) is 8.88. The van der Waals surface area contributed by atoms with Crippen LogP contribution in [0.25, 0.3) is 12.2 Å². The van der Waals surface area contributed by atoms with Gasteiger partial charge in [-0.1, -0.05) is 35.4 Å². The minimum Gasteiger partial charge on any atom is -0.493 e. The quantitative estimate of drug-likeness (QED) is 0.709. The van der Waals surface area contributed by atoms with Crippen LogP contribution in [0.4, 0.5) is 0 Å². The van der Waals surface area contributed by atoms with Gasteiger partial charge < -0.3 is 19.5 Å². The standard InChI is InChI=1S/C19H20Cl2N2O4/c1-4-23-17(24)11-27-18-12(6-8-16(25-2)19(18)26-3)5-7-13-14(20)9-22-10-15(13)21/h5-10H,4,11H2,1-3H3,(H,23,24). The van der Waals surface area contributed by atoms with E-state index in [2.05, 4.69) is 10.3 Å². The zero-order valence-electron chi connectivity index (χ0n) is 15.2. The van der Waals surface area contributed by atoms with Gasteiger partial charge in [0, 0.05) is 30.1 Å². The Balaban J connectivity index is 2.42. The molecular weight excluding hydrogens is 391 g/mol. The number of nitrogens with zero attached hydrogens (tertiary/aromatic N) is 1. The minimum absolute atomic E-state index is 0.158. The predicted molar refractivity (Wildman–Crippen MR) is 107 cm³/mol. The Morgan fingerprint density at radius 2 is 1.81 bits per heavy atom. The van der Waals surface area contributed by atoms with Gasteiger partial charge in [-0.05, 0) is 19.1 Å². The molecule has 27 heavy (non-hydrogen) atoms. The molecule has 0 aliphatic rings. The summed E-state index contributed by atoms with van der Waals surface area (Å²) in [5.41, 5.74) is 1.29. The first-order chi connectivity index (χ1) is 13.0. The number of pyridine rings is 1. The molecule has 0 saturated carbocycles. The van der Waals surface area contributed by atoms with E-state index in [0.717, 1.165) is 0 Å². The lowest BCUT2D eigenvalue weighted by Crippen LogP contribution is -2.28. The van der Waals surface area contributed by atoms with Crippen molar-refractivity contribution in [2.75, 3.05) is 27.4 Å². The van der Waals surface area contributed by atoms with Gasteiger partial charge in [-0.2, -0.15) is 0 Å². The smallest absolute Gasteiger partial charge is 0.257 e. The van der Waals surface area contributed by atoms with Gasteiger partial charge in [-0.15, -0.1) is 0 Å². The maximum atomic E-state index is 11.8. The van der Waals surface area contributed by atoms with Gasteiger partial charge in [-0.3, -0.25) is 9.78 Å². The molecule has 0 spiro atoms. The molecule has 1 amide bonds. The normalized spacial score (nSPS) is 10.7. The Labute approximate surface area is 168 Å². The first-order valence-electron chi connectivity index (χ1n) is 8.13. The van der Waals surface area contributed by atoms with Gasteiger partial charge in [0.15, 0.2) is 18.1 Å². The van der Waals surface area contributed by atoms with Crippen molar-refractivity contribution in [3.8, 4) is 17.2 Å². The highest BCUT2D eigenvalue weighted by Crippen LogP contribution is 2.41. The van der Waals surface area contributed by atoms with E-state index in [1.165, 1.54) is 26.6 Å². The van der Waals surface area contributed by atoms with Crippen LogP contribution >= 0.6 is 23.2 Å². The number of carbonyl (C=O) groups excluding carboxylic acids is 1. The van der Waals surface area contributed by atoms with Crippen LogP contribution in [0.3, 0.4) is 0 Å². The molecule has 1 aromatic heterocycles. The molecule has 0 fully saturated rings. The van der Waals surface area contributed by atoms with E-state index < -0.39 is 0 Å². The van der Waals surface area contributed by atoms with Crippen molar-refractivity contribution >= 4 is 41.3 Å². The minimum atomic E-state index is -0.238. The van der Waals surface area contributed by atoms with Crippen molar-refractivity contribution in [1.82, 2.24) is 10.3 Å². The SMILES string of the molecule is CCNC(=O)COc1c(C=Cc2c(Cl)cncc2Cl)ccc(OC)c1OC. The molecule has 0 aliphatic heterocycles. The Morgan fingerprint density at radius 3 is 2.41 bits per heavy atom. The summed E-state index contributed by atoms with van der Waals surface area (Å²) >= 11 is 12.3. The van der Waals surface area contributed by atoms with Crippen molar-refractivity contribution in [3.63, 3.8) is 0 Å². The fraction of sp³-hybridized carbons (Fsp3) is 0.263. The van der Waals surface area contributed by atoms with E-state index in [1.54, 1.807) is 24.3 Å². The number of hydrogen-bond acceptors (Lipinski definition) is 5. The van der Waals surface area contributed by atoms with E-state index in [0.29, 0.717) is 45.0 Å². The molecule has 144 valence electrons. The number of benzene rings is 1. The van der Waals surface area contributed by atoms with Crippen LogP contribution in [0.2, 0.25) is 10.0 Å². The zero-order valence-corrected chi connectivity index (χ0v) is 16.7. The average molecular weight is 411 g/mol. The number of rotatable bonds is 8. The van der Waals surface area contributed by atoms with Crippen LogP contribution in [0, 0.1) is 0 Å². The van der Waals surface area contributed by atoms with Gasteiger partial charge in [0.25, 0.3) is 5.91 Å². The van der Waals surface area contributed by atoms with Crippen molar-refractivity contribution in [1.29, 1.82) is 0 Å². The number of halogens is 2. The molecule has 1 N–H and O–H groups in total. The maximum Gasteiger partial charge on any atom is 0.257 e. The van der Waals surface area contributed by atoms with Crippen LogP contribution in [-0.2, 0) is 4.79 Å². The molecule has 0 saturated heterocycles. The number of hydrogen-bond donors (Lipinski definition) is 1. The number of aromatic nitrogens is 1. The zero-order chi connectivity index (χ0) is 19.8. The summed E-state index contributed by atoms with van der Waals surface area (Å²) in [6.07, 6.45) is 6.52. The maximum absolute atomic E-state index is 11.8. The van der Waals surface area contributed by atoms with E-state index in [9.17, 15) is 4.79 Å². The third-order valence-electron chi connectivity index (χ3n) is 3.57. The molecular formula is C19H20Cl2N2O4. The monoisotopic (exact) mass is 410 g/mol. The molecule has 1 aromatic carbocycles. The van der Waals surface area contributed by atoms with E-state index in [4.69, 9.17) is 37.4 Å². The van der Waals surface area contributed by atoms with Crippen molar-refractivity contribution in [2.45, 2.75) is 6.92 Å². The molecule has 0 aliphatic carbocycles. The van der Waals surface area contributed by atoms with Crippen molar-refractivity contribution in [2.24, 2.45) is 0 Å². The molecule has 2 rings (SSSR count). The molecule has 0 bridgehead atoms. The highest BCUT2D eigenvalue weighted by Gasteiger charge is 2.17. The fourth-order valence-corrected chi connectivity index (χ4v) is 2.82. The number of likely N-dealkylation sites (N-methyl/N-ethyl adjacent to an activating group) is 1. The van der Waals surface area contributed by atoms with Crippen LogP contribution in [0.1, 0.15) is 18.1 Å². The molecule has 1 heterocycles. The summed E-state index contributed by atoms with van der Waals surface area (Å²) in [6, 6.07) is 3.53. The van der Waals surface area contributed by atoms with Gasteiger partial charge >= 0.3 is 0 Å². The number of methoxy groups -OCH3 is 2. The van der Waals surface area contributed by atoms with Gasteiger partial charge in [0.2, 0.25) is 5.75 Å². The van der Waals surface area contributed by atoms with Gasteiger partial charge in [0.1, 0.15) is 0 Å². The van der Waals surface area contributed by atoms with Gasteiger partial charge in [-0.25, -0.2) is 0 Å². The molecule has 6 nitrogen and oxygen atoms in total. The third kappa shape index (κ3) is 5.28. The van der Waals surface area contributed by atoms with Crippen LogP contribution < -0.4 is 19.5 Å². The average Bonchev–Trinajstić information content (AvgIpc) is 2.66. The summed E-state index contributed by atoms with van der Waals surface area (Å²) in [5, 5.41) is 3.52. The molecule has 0 unspecified atom stereocenters. The Hall–Kier alpha value is -2.44. The third-order valence-corrected chi connectivity index (χ3v) is 4.17. The fourth-order valence-electron chi connectivity index (χ4n) is 2.33. The lowest BCUT2D eigenvalue weighted by molar-refractivity contribution is -0.123. The highest BCUT2D eigenvalue weighted by atomic mass is 35.5. The lowest BCUT2D eigenvalue weighted by atomic mass is 10.1. The first kappa shape index (κ1) is 20.9. The second-order valence-corrected chi connectivity index (χ2v) is 6.13. The molecule has 0 radical (unpaired) electrons. The predicted octanol–water partition coefficient (Wildman–Crippen LogP) is 4.09. The van der Waals surface area contributed by atoms with Gasteiger partial charge in [0.05, 0.1) is 24.3 Å². The van der Waals surface area contributed by atoms with E-state index >= 15 is 0 Å². The Morgan fingerprint density at radius 1 is 1.11 bits per heavy atom. The molecule has 8 heteroatoms. The largest absolute Gasteiger partial charge is 0.493 e. The van der Waals surface area contributed by atoms with Crippen LogP contribution in [-0.4, -0.2) is 38.3 Å². The van der Waals surface area contributed by atoms with Crippen LogP contribution in [0.15, 0.2) is 24.5 Å². The topological polar surface area (TPSA) is 69.7 Å². The second kappa shape index (κ2) is 10.0. The number of ether oxygens (including phenoxy) is 3. The highest BCUT2D eigenvalue weighted by molar-refractivity contribution is 6.37. The van der Waals surface area contributed by atoms with E-state index in [-0.39, 0.29) is 12.5 Å². The summed E-state index contributed by atoms with van der Waals surface area (Å²) in [5.74, 6) is 1.01. The lowest BCUT2D eigenvalue weighted by Gasteiger charge is -2.16. The summed E-state index contributed by atoms with van der Waals surface area (Å²) in [6.45, 7) is 2.19. The summed E-state index contributed by atoms with van der Waals surface area (Å²) in [4.78, 5) is 15.7. The Bertz CT molecular complexity index is 820. The Kier molecular flexibility index (Phi) is 7.76. The van der Waals surface area contributed by atoms with Crippen molar-refractivity contribution < 1.29 is 19.0 Å².